The van der Waals surface area contributed by atoms with Gasteiger partial charge in [-0.1, -0.05) is 24.3 Å². The average Bonchev–Trinajstić information content (AvgIpc) is 2.49. The van der Waals surface area contributed by atoms with Gasteiger partial charge in [-0.25, -0.2) is 0 Å². The average molecular weight is 271 g/mol. The van der Waals surface area contributed by atoms with Gasteiger partial charge in [-0.2, -0.15) is 5.26 Å². The van der Waals surface area contributed by atoms with E-state index in [2.05, 4.69) is 17.9 Å². The molecule has 0 aromatic heterocycles. The van der Waals surface area contributed by atoms with Gasteiger partial charge < -0.3 is 4.90 Å². The van der Waals surface area contributed by atoms with Gasteiger partial charge in [0.25, 0.3) is 0 Å². The van der Waals surface area contributed by atoms with Crippen LogP contribution in [0, 0.1) is 11.3 Å². The van der Waals surface area contributed by atoms with Crippen molar-refractivity contribution >= 4 is 23.0 Å². The molecule has 2 aromatic rings. The molecule has 3 heteroatoms. The van der Waals surface area contributed by atoms with Crippen molar-refractivity contribution in [3.8, 4) is 6.07 Å². The lowest BCUT2D eigenvalue weighted by molar-refractivity contribution is 1.02. The number of benzene rings is 2. The van der Waals surface area contributed by atoms with Crippen molar-refractivity contribution in [3.05, 3.63) is 59.7 Å². The summed E-state index contributed by atoms with van der Waals surface area (Å²) in [6.07, 6.45) is 0. The number of halogens is 1. The fourth-order valence-corrected chi connectivity index (χ4v) is 2.26. The highest BCUT2D eigenvalue weighted by atomic mass is 35.5. The van der Waals surface area contributed by atoms with E-state index in [-0.39, 0.29) is 0 Å². The minimum atomic E-state index is 0.423. The van der Waals surface area contributed by atoms with E-state index in [1.54, 1.807) is 0 Å². The molecule has 0 saturated heterocycles. The molecule has 0 atom stereocenters. The number of rotatable bonds is 4. The molecule has 2 nitrogen and oxygen atoms in total. The van der Waals surface area contributed by atoms with E-state index in [0.29, 0.717) is 11.4 Å². The van der Waals surface area contributed by atoms with Gasteiger partial charge in [0, 0.05) is 18.1 Å². The summed E-state index contributed by atoms with van der Waals surface area (Å²) in [5.74, 6) is 0.423. The lowest BCUT2D eigenvalue weighted by atomic mass is 10.1. The van der Waals surface area contributed by atoms with E-state index in [9.17, 15) is 5.26 Å². The zero-order valence-electron chi connectivity index (χ0n) is 10.8. The van der Waals surface area contributed by atoms with Crippen LogP contribution in [0.15, 0.2) is 48.5 Å². The van der Waals surface area contributed by atoms with E-state index >= 15 is 0 Å². The van der Waals surface area contributed by atoms with Crippen molar-refractivity contribution in [1.82, 2.24) is 0 Å². The van der Waals surface area contributed by atoms with Crippen LogP contribution in [-0.2, 0) is 5.88 Å². The molecule has 0 unspecified atom stereocenters. The molecule has 0 fully saturated rings. The molecule has 0 amide bonds. The maximum atomic E-state index is 9.31. The first-order valence-electron chi connectivity index (χ1n) is 6.21. The Morgan fingerprint density at radius 2 is 1.89 bits per heavy atom. The third-order valence-corrected chi connectivity index (χ3v) is 3.32. The summed E-state index contributed by atoms with van der Waals surface area (Å²) >= 11 is 5.82. The van der Waals surface area contributed by atoms with Crippen molar-refractivity contribution in [2.24, 2.45) is 0 Å². The first kappa shape index (κ1) is 13.5. The highest BCUT2D eigenvalue weighted by molar-refractivity contribution is 6.17. The standard InChI is InChI=1S/C16H15ClN2/c1-2-19(15-6-4-3-5-7-15)16-9-8-13(11-17)10-14(16)12-18/h3-10H,2,11H2,1H3. The zero-order chi connectivity index (χ0) is 13.7. The van der Waals surface area contributed by atoms with Crippen LogP contribution in [0.1, 0.15) is 18.1 Å². The van der Waals surface area contributed by atoms with Gasteiger partial charge >= 0.3 is 0 Å². The summed E-state index contributed by atoms with van der Waals surface area (Å²) in [5.41, 5.74) is 3.63. The van der Waals surface area contributed by atoms with Crippen molar-refractivity contribution in [2.75, 3.05) is 11.4 Å². The first-order valence-corrected chi connectivity index (χ1v) is 6.75. The number of alkyl halides is 1. The van der Waals surface area contributed by atoms with Gasteiger partial charge in [-0.3, -0.25) is 0 Å². The van der Waals surface area contributed by atoms with Crippen LogP contribution in [0.4, 0.5) is 11.4 Å². The second-order valence-electron chi connectivity index (χ2n) is 4.18. The molecular formula is C16H15ClN2. The van der Waals surface area contributed by atoms with Crippen molar-refractivity contribution < 1.29 is 0 Å². The van der Waals surface area contributed by atoms with E-state index in [0.717, 1.165) is 23.5 Å². The third-order valence-electron chi connectivity index (χ3n) is 3.01. The van der Waals surface area contributed by atoms with Gasteiger partial charge in [0.15, 0.2) is 0 Å². The molecule has 0 radical (unpaired) electrons. The molecule has 0 saturated carbocycles. The van der Waals surface area contributed by atoms with Crippen LogP contribution in [0.3, 0.4) is 0 Å². The summed E-state index contributed by atoms with van der Waals surface area (Å²) in [4.78, 5) is 2.12. The van der Waals surface area contributed by atoms with E-state index < -0.39 is 0 Å². The van der Waals surface area contributed by atoms with Gasteiger partial charge in [0.05, 0.1) is 11.3 Å². The fraction of sp³-hybridized carbons (Fsp3) is 0.188. The van der Waals surface area contributed by atoms with Gasteiger partial charge in [0.1, 0.15) is 6.07 Å². The smallest absolute Gasteiger partial charge is 0.101 e. The molecule has 0 spiro atoms. The van der Waals surface area contributed by atoms with Crippen LogP contribution in [0.25, 0.3) is 0 Å². The second kappa shape index (κ2) is 6.26. The highest BCUT2D eigenvalue weighted by Crippen LogP contribution is 2.29. The summed E-state index contributed by atoms with van der Waals surface area (Å²) in [5, 5.41) is 9.31. The maximum Gasteiger partial charge on any atom is 0.101 e. The predicted octanol–water partition coefficient (Wildman–Crippen LogP) is 4.46. The number of nitrogens with zero attached hydrogens (tertiary/aromatic N) is 2. The number of para-hydroxylation sites is 1. The Hall–Kier alpha value is -1.98. The van der Waals surface area contributed by atoms with Gasteiger partial charge in [0.2, 0.25) is 0 Å². The predicted molar refractivity (Wildman–Crippen MR) is 79.8 cm³/mol. The molecule has 96 valence electrons. The van der Waals surface area contributed by atoms with Gasteiger partial charge in [-0.15, -0.1) is 11.6 Å². The van der Waals surface area contributed by atoms with Crippen LogP contribution in [0.2, 0.25) is 0 Å². The van der Waals surface area contributed by atoms with Gasteiger partial charge in [-0.05, 0) is 36.8 Å². The highest BCUT2D eigenvalue weighted by Gasteiger charge is 2.12. The molecule has 0 aliphatic carbocycles. The van der Waals surface area contributed by atoms with E-state index in [4.69, 9.17) is 11.6 Å². The number of hydrogen-bond acceptors (Lipinski definition) is 2. The Kier molecular flexibility index (Phi) is 4.43. The molecule has 2 rings (SSSR count). The minimum absolute atomic E-state index is 0.423. The Balaban J connectivity index is 2.47. The number of anilines is 2. The molecule has 2 aromatic carbocycles. The normalized spacial score (nSPS) is 9.95. The quantitative estimate of drug-likeness (QED) is 0.767. The molecule has 0 aliphatic rings. The lowest BCUT2D eigenvalue weighted by Crippen LogP contribution is -2.17. The molecule has 19 heavy (non-hydrogen) atoms. The Labute approximate surface area is 118 Å². The number of nitriles is 1. The zero-order valence-corrected chi connectivity index (χ0v) is 11.6. The fourth-order valence-electron chi connectivity index (χ4n) is 2.09. The van der Waals surface area contributed by atoms with Crippen molar-refractivity contribution in [1.29, 1.82) is 5.26 Å². The Morgan fingerprint density at radius 3 is 2.47 bits per heavy atom. The SMILES string of the molecule is CCN(c1ccccc1)c1ccc(CCl)cc1C#N. The maximum absolute atomic E-state index is 9.31. The number of hydrogen-bond donors (Lipinski definition) is 0. The molecule has 0 N–H and O–H groups in total. The lowest BCUT2D eigenvalue weighted by Gasteiger charge is -2.24. The van der Waals surface area contributed by atoms with Crippen molar-refractivity contribution in [2.45, 2.75) is 12.8 Å². The molecule has 0 bridgehead atoms. The van der Waals surface area contributed by atoms with Crippen molar-refractivity contribution in [3.63, 3.8) is 0 Å². The summed E-state index contributed by atoms with van der Waals surface area (Å²) in [6, 6.07) is 18.1. The molecule has 0 aliphatic heterocycles. The summed E-state index contributed by atoms with van der Waals surface area (Å²) < 4.78 is 0. The van der Waals surface area contributed by atoms with E-state index in [1.165, 1.54) is 0 Å². The summed E-state index contributed by atoms with van der Waals surface area (Å²) in [7, 11) is 0. The third kappa shape index (κ3) is 2.89. The van der Waals surface area contributed by atoms with Crippen LogP contribution in [0.5, 0.6) is 0 Å². The largest absolute Gasteiger partial charge is 0.341 e. The second-order valence-corrected chi connectivity index (χ2v) is 4.44. The Bertz CT molecular complexity index is 587. The first-order chi connectivity index (χ1) is 9.30. The Morgan fingerprint density at radius 1 is 1.16 bits per heavy atom. The molecular weight excluding hydrogens is 256 g/mol. The summed E-state index contributed by atoms with van der Waals surface area (Å²) in [6.45, 7) is 2.88. The van der Waals surface area contributed by atoms with Crippen LogP contribution >= 0.6 is 11.6 Å². The van der Waals surface area contributed by atoms with Crippen LogP contribution in [-0.4, -0.2) is 6.54 Å². The molecule has 0 heterocycles. The monoisotopic (exact) mass is 270 g/mol. The van der Waals surface area contributed by atoms with E-state index in [1.807, 2.05) is 48.5 Å². The minimum Gasteiger partial charge on any atom is -0.341 e. The topological polar surface area (TPSA) is 27.0 Å². The van der Waals surface area contributed by atoms with Crippen LogP contribution < -0.4 is 4.90 Å².